The van der Waals surface area contributed by atoms with Gasteiger partial charge in [0.1, 0.15) is 11.8 Å². The molecule has 5 rings (SSSR count). The smallest absolute Gasteiger partial charge is 0.220 e. The first-order valence-corrected chi connectivity index (χ1v) is 12.0. The monoisotopic (exact) mass is 584 g/mol. The van der Waals surface area contributed by atoms with E-state index in [1.54, 1.807) is 0 Å². The van der Waals surface area contributed by atoms with E-state index in [0.717, 1.165) is 24.2 Å². The fraction of sp³-hybridized carbons (Fsp3) is 0.304. The summed E-state index contributed by atoms with van der Waals surface area (Å²) in [5.41, 5.74) is 25.8. The molecule has 0 saturated heterocycles. The maximum Gasteiger partial charge on any atom is 0.220 e. The SMILES string of the molecule is Cl.Cl.NC1=NC(C2CCC3(CC2)N=C(N)N=C(N)N3c2ccc(Cl)cc2)N(c2ccc(Cl)cc2)C(N)=N1. The van der Waals surface area contributed by atoms with Gasteiger partial charge in [-0.05, 0) is 74.2 Å². The average Bonchev–Trinajstić information content (AvgIpc) is 2.81. The minimum atomic E-state index is -0.658. The lowest BCUT2D eigenvalue weighted by Crippen LogP contribution is -2.60. The van der Waals surface area contributed by atoms with Crippen LogP contribution >= 0.6 is 48.0 Å². The molecule has 2 heterocycles. The molecule has 0 bridgehead atoms. The van der Waals surface area contributed by atoms with Crippen molar-refractivity contribution in [2.24, 2.45) is 48.8 Å². The van der Waals surface area contributed by atoms with Crippen LogP contribution in [0, 0.1) is 5.92 Å². The molecule has 2 aromatic carbocycles. The Hall–Kier alpha value is -2.92. The van der Waals surface area contributed by atoms with Crippen LogP contribution in [0.25, 0.3) is 0 Å². The molecule has 1 aliphatic carbocycles. The summed E-state index contributed by atoms with van der Waals surface area (Å²) in [7, 11) is 0. The van der Waals surface area contributed by atoms with Crippen LogP contribution < -0.4 is 32.7 Å². The molecule has 2 aromatic rings. The molecular formula is C23H28Cl4N10. The molecule has 1 spiro atoms. The highest BCUT2D eigenvalue weighted by molar-refractivity contribution is 6.31. The lowest BCUT2D eigenvalue weighted by Gasteiger charge is -2.48. The van der Waals surface area contributed by atoms with Crippen LogP contribution in [-0.2, 0) is 0 Å². The lowest BCUT2D eigenvalue weighted by atomic mass is 9.78. The van der Waals surface area contributed by atoms with E-state index in [-0.39, 0.29) is 48.8 Å². The van der Waals surface area contributed by atoms with Crippen LogP contribution in [-0.4, -0.2) is 35.7 Å². The third kappa shape index (κ3) is 5.52. The molecule has 14 heteroatoms. The normalized spacial score (nSPS) is 25.2. The molecule has 1 fully saturated rings. The van der Waals surface area contributed by atoms with Gasteiger partial charge in [-0.25, -0.2) is 9.98 Å². The van der Waals surface area contributed by atoms with Crippen molar-refractivity contribution in [2.45, 2.75) is 37.5 Å². The van der Waals surface area contributed by atoms with Gasteiger partial charge in [0, 0.05) is 27.3 Å². The summed E-state index contributed by atoms with van der Waals surface area (Å²) in [4.78, 5) is 21.7. The summed E-state index contributed by atoms with van der Waals surface area (Å²) in [6.07, 6.45) is 2.58. The number of hydrogen-bond donors (Lipinski definition) is 4. The second-order valence-corrected chi connectivity index (χ2v) is 9.66. The summed E-state index contributed by atoms with van der Waals surface area (Å²) >= 11 is 12.2. The summed E-state index contributed by atoms with van der Waals surface area (Å²) in [5, 5.41) is 1.27. The molecule has 1 atom stereocenters. The highest BCUT2D eigenvalue weighted by Crippen LogP contribution is 2.44. The summed E-state index contributed by atoms with van der Waals surface area (Å²) in [6.45, 7) is 0. The summed E-state index contributed by atoms with van der Waals surface area (Å²) in [6, 6.07) is 14.8. The zero-order valence-corrected chi connectivity index (χ0v) is 22.8. The molecule has 10 nitrogen and oxygen atoms in total. The summed E-state index contributed by atoms with van der Waals surface area (Å²) in [5.74, 6) is 1.07. The molecule has 0 aromatic heterocycles. The molecule has 37 heavy (non-hydrogen) atoms. The number of benzene rings is 2. The molecule has 3 aliphatic rings. The molecule has 0 radical (unpaired) electrons. The van der Waals surface area contributed by atoms with Crippen LogP contribution in [0.4, 0.5) is 11.4 Å². The maximum absolute atomic E-state index is 6.36. The van der Waals surface area contributed by atoms with Gasteiger partial charge < -0.3 is 22.9 Å². The Morgan fingerprint density at radius 3 is 1.81 bits per heavy atom. The number of aliphatic imine (C=N–C) groups is 4. The first kappa shape index (κ1) is 28.6. The van der Waals surface area contributed by atoms with E-state index in [4.69, 9.17) is 51.1 Å². The molecule has 0 amide bonds. The quantitative estimate of drug-likeness (QED) is 0.430. The van der Waals surface area contributed by atoms with Gasteiger partial charge in [-0.2, -0.15) is 9.98 Å². The van der Waals surface area contributed by atoms with E-state index in [0.29, 0.717) is 34.8 Å². The van der Waals surface area contributed by atoms with Gasteiger partial charge in [0.25, 0.3) is 0 Å². The predicted octanol–water partition coefficient (Wildman–Crippen LogP) is 3.65. The Labute approximate surface area is 237 Å². The van der Waals surface area contributed by atoms with Gasteiger partial charge in [0.15, 0.2) is 0 Å². The molecular weight excluding hydrogens is 558 g/mol. The Bertz CT molecular complexity index is 1240. The van der Waals surface area contributed by atoms with Crippen molar-refractivity contribution in [2.75, 3.05) is 9.80 Å². The van der Waals surface area contributed by atoms with Crippen molar-refractivity contribution in [1.29, 1.82) is 0 Å². The first-order chi connectivity index (χ1) is 16.8. The van der Waals surface area contributed by atoms with E-state index in [1.807, 2.05) is 58.3 Å². The number of hydrogen-bond acceptors (Lipinski definition) is 10. The topological polar surface area (TPSA) is 160 Å². The van der Waals surface area contributed by atoms with Crippen molar-refractivity contribution in [3.05, 3.63) is 58.6 Å². The Morgan fingerprint density at radius 1 is 0.730 bits per heavy atom. The number of guanidine groups is 4. The number of halogens is 4. The molecule has 8 N–H and O–H groups in total. The van der Waals surface area contributed by atoms with Crippen LogP contribution in [0.2, 0.25) is 10.0 Å². The van der Waals surface area contributed by atoms with Crippen molar-refractivity contribution in [1.82, 2.24) is 0 Å². The largest absolute Gasteiger partial charge is 0.369 e. The number of nitrogens with zero attached hydrogens (tertiary/aromatic N) is 6. The zero-order valence-electron chi connectivity index (χ0n) is 19.7. The van der Waals surface area contributed by atoms with E-state index in [9.17, 15) is 0 Å². The van der Waals surface area contributed by atoms with Crippen LogP contribution in [0.3, 0.4) is 0 Å². The Kier molecular flexibility index (Phi) is 8.69. The Balaban J connectivity index is 0.00000190. The standard InChI is InChI=1S/C23H26Cl2N10.2ClH/c24-14-1-5-16(6-2-14)34-18(30-19(26)31-21(34)28)13-9-11-23(12-10-13)33-20(27)32-22(29)35(23)17-7-3-15(25)4-8-17;;/h1-8,13,18H,9-12H2,(H4,26,28,30,31)(H4,27,29,32,33);2*1H. The average molecular weight is 586 g/mol. The Morgan fingerprint density at radius 2 is 1.24 bits per heavy atom. The minimum Gasteiger partial charge on any atom is -0.369 e. The molecule has 1 unspecified atom stereocenters. The van der Waals surface area contributed by atoms with Gasteiger partial charge in [0.05, 0.1) is 0 Å². The molecule has 198 valence electrons. The lowest BCUT2D eigenvalue weighted by molar-refractivity contribution is 0.218. The minimum absolute atomic E-state index is 0. The van der Waals surface area contributed by atoms with Gasteiger partial charge in [0.2, 0.25) is 23.8 Å². The highest BCUT2D eigenvalue weighted by atomic mass is 35.5. The second-order valence-electron chi connectivity index (χ2n) is 8.79. The number of nitrogens with two attached hydrogens (primary N) is 4. The maximum atomic E-state index is 6.36. The van der Waals surface area contributed by atoms with Crippen LogP contribution in [0.15, 0.2) is 68.5 Å². The van der Waals surface area contributed by atoms with E-state index < -0.39 is 5.66 Å². The van der Waals surface area contributed by atoms with E-state index >= 15 is 0 Å². The zero-order chi connectivity index (χ0) is 24.7. The van der Waals surface area contributed by atoms with Crippen LogP contribution in [0.5, 0.6) is 0 Å². The van der Waals surface area contributed by atoms with E-state index in [2.05, 4.69) is 15.0 Å². The van der Waals surface area contributed by atoms with Crippen molar-refractivity contribution in [3.8, 4) is 0 Å². The predicted molar refractivity (Wildman–Crippen MR) is 157 cm³/mol. The number of anilines is 2. The highest BCUT2D eigenvalue weighted by Gasteiger charge is 2.47. The fourth-order valence-electron chi connectivity index (χ4n) is 5.10. The van der Waals surface area contributed by atoms with Gasteiger partial charge in [-0.3, -0.25) is 9.80 Å². The number of rotatable bonds is 3. The first-order valence-electron chi connectivity index (χ1n) is 11.2. The summed E-state index contributed by atoms with van der Waals surface area (Å²) < 4.78 is 0. The van der Waals surface area contributed by atoms with Gasteiger partial charge in [-0.1, -0.05) is 23.2 Å². The van der Waals surface area contributed by atoms with E-state index in [1.165, 1.54) is 0 Å². The van der Waals surface area contributed by atoms with Gasteiger partial charge >= 0.3 is 0 Å². The van der Waals surface area contributed by atoms with Crippen molar-refractivity contribution >= 4 is 83.2 Å². The third-order valence-electron chi connectivity index (χ3n) is 6.64. The molecule has 1 saturated carbocycles. The van der Waals surface area contributed by atoms with Crippen molar-refractivity contribution < 1.29 is 0 Å². The van der Waals surface area contributed by atoms with Crippen LogP contribution in [0.1, 0.15) is 25.7 Å². The molecule has 2 aliphatic heterocycles. The van der Waals surface area contributed by atoms with Gasteiger partial charge in [-0.15, -0.1) is 24.8 Å². The second kappa shape index (κ2) is 11.2. The van der Waals surface area contributed by atoms with Crippen molar-refractivity contribution in [3.63, 3.8) is 0 Å². The fourth-order valence-corrected chi connectivity index (χ4v) is 5.35. The third-order valence-corrected chi connectivity index (χ3v) is 7.15.